The Morgan fingerprint density at radius 1 is 0.882 bits per heavy atom. The van der Waals surface area contributed by atoms with E-state index in [-0.39, 0.29) is 6.04 Å². The number of nitrogens with one attached hydrogen (secondary N) is 1. The quantitative estimate of drug-likeness (QED) is 0.822. The van der Waals surface area contributed by atoms with Crippen LogP contribution in [0, 0.1) is 0 Å². The van der Waals surface area contributed by atoms with Crippen molar-refractivity contribution in [1.82, 2.24) is 5.32 Å². The van der Waals surface area contributed by atoms with Crippen LogP contribution in [0.15, 0.2) is 60.7 Å². The van der Waals surface area contributed by atoms with Gasteiger partial charge in [-0.3, -0.25) is 0 Å². The van der Waals surface area contributed by atoms with E-state index in [2.05, 4.69) is 29.6 Å². The smallest absolute Gasteiger partial charge is 0.0771 e. The number of rotatable bonds is 3. The lowest BCUT2D eigenvalue weighted by molar-refractivity contribution is 0.768. The molecule has 0 spiro atoms. The van der Waals surface area contributed by atoms with Crippen LogP contribution < -0.4 is 5.32 Å². The lowest BCUT2D eigenvalue weighted by atomic mass is 9.99. The lowest BCUT2D eigenvalue weighted by Crippen LogP contribution is -2.25. The first-order valence-electron chi connectivity index (χ1n) is 5.64. The summed E-state index contributed by atoms with van der Waals surface area (Å²) in [6, 6.07) is 20.8. The average Bonchev–Trinajstić information content (AvgIpc) is 2.38. The fourth-order valence-corrected chi connectivity index (χ4v) is 1.97. The molecule has 0 aliphatic rings. The molecule has 0 radical (unpaired) electrons. The average molecular weight is 241 g/mol. The minimum absolute atomic E-state index is 0.134. The molecular weight excluding hydrogens is 226 g/mol. The van der Waals surface area contributed by atoms with Gasteiger partial charge in [-0.1, -0.05) is 72.9 Å². The van der Waals surface area contributed by atoms with Gasteiger partial charge < -0.3 is 5.32 Å². The molecule has 0 atom stereocenters. The molecule has 0 heterocycles. The maximum absolute atomic E-state index is 5.16. The molecule has 86 valence electrons. The standard InChI is InChI=1S/C15H15NS/c1-12(17)16-15(13-8-4-2-5-9-13)14-10-6-3-7-11-14/h2-11,15H,1H3,(H,16,17). The third-order valence-electron chi connectivity index (χ3n) is 2.61. The predicted octanol–water partition coefficient (Wildman–Crippen LogP) is 3.71. The highest BCUT2D eigenvalue weighted by molar-refractivity contribution is 7.80. The van der Waals surface area contributed by atoms with E-state index < -0.39 is 0 Å². The van der Waals surface area contributed by atoms with Crippen molar-refractivity contribution in [3.05, 3.63) is 71.8 Å². The molecule has 0 fully saturated rings. The summed E-state index contributed by atoms with van der Waals surface area (Å²) in [6.07, 6.45) is 0. The van der Waals surface area contributed by atoms with Gasteiger partial charge >= 0.3 is 0 Å². The van der Waals surface area contributed by atoms with Crippen molar-refractivity contribution in [2.24, 2.45) is 0 Å². The van der Waals surface area contributed by atoms with Crippen LogP contribution in [0.5, 0.6) is 0 Å². The molecule has 17 heavy (non-hydrogen) atoms. The van der Waals surface area contributed by atoms with Crippen LogP contribution in [0.1, 0.15) is 24.1 Å². The van der Waals surface area contributed by atoms with Crippen LogP contribution in [0.4, 0.5) is 0 Å². The van der Waals surface area contributed by atoms with Crippen molar-refractivity contribution in [3.8, 4) is 0 Å². The topological polar surface area (TPSA) is 12.0 Å². The first-order valence-corrected chi connectivity index (χ1v) is 6.05. The Hall–Kier alpha value is -1.67. The third-order valence-corrected chi connectivity index (χ3v) is 2.73. The Kier molecular flexibility index (Phi) is 3.89. The minimum Gasteiger partial charge on any atom is -0.369 e. The second-order valence-corrected chi connectivity index (χ2v) is 4.57. The Morgan fingerprint density at radius 3 is 1.65 bits per heavy atom. The van der Waals surface area contributed by atoms with Crippen LogP contribution in [0.2, 0.25) is 0 Å². The molecule has 2 aromatic rings. The number of thiocarbonyl (C=S) groups is 1. The molecule has 0 saturated carbocycles. The molecule has 2 rings (SSSR count). The predicted molar refractivity (Wildman–Crippen MR) is 76.1 cm³/mol. The van der Waals surface area contributed by atoms with E-state index in [9.17, 15) is 0 Å². The van der Waals surface area contributed by atoms with Crippen LogP contribution in [-0.4, -0.2) is 4.99 Å². The van der Waals surface area contributed by atoms with Gasteiger partial charge in [0, 0.05) is 0 Å². The maximum atomic E-state index is 5.16. The molecule has 0 bridgehead atoms. The summed E-state index contributed by atoms with van der Waals surface area (Å²) in [6.45, 7) is 1.91. The van der Waals surface area contributed by atoms with E-state index >= 15 is 0 Å². The van der Waals surface area contributed by atoms with Gasteiger partial charge in [0.2, 0.25) is 0 Å². The molecule has 2 heteroatoms. The lowest BCUT2D eigenvalue weighted by Gasteiger charge is -2.20. The number of hydrogen-bond donors (Lipinski definition) is 1. The van der Waals surface area contributed by atoms with Crippen molar-refractivity contribution >= 4 is 17.2 Å². The highest BCUT2D eigenvalue weighted by Gasteiger charge is 2.12. The monoisotopic (exact) mass is 241 g/mol. The van der Waals surface area contributed by atoms with E-state index in [0.29, 0.717) is 0 Å². The van der Waals surface area contributed by atoms with Gasteiger partial charge in [-0.2, -0.15) is 0 Å². The fraction of sp³-hybridized carbons (Fsp3) is 0.133. The molecule has 1 N–H and O–H groups in total. The van der Waals surface area contributed by atoms with Crippen molar-refractivity contribution in [2.45, 2.75) is 13.0 Å². The van der Waals surface area contributed by atoms with Gasteiger partial charge in [-0.15, -0.1) is 0 Å². The fourth-order valence-electron chi connectivity index (χ4n) is 1.85. The molecule has 1 nitrogen and oxygen atoms in total. The van der Waals surface area contributed by atoms with Gasteiger partial charge in [0.05, 0.1) is 11.0 Å². The molecular formula is C15H15NS. The first-order chi connectivity index (χ1) is 8.27. The van der Waals surface area contributed by atoms with E-state index in [1.807, 2.05) is 43.3 Å². The second-order valence-electron chi connectivity index (χ2n) is 3.95. The van der Waals surface area contributed by atoms with Crippen molar-refractivity contribution in [2.75, 3.05) is 0 Å². The summed E-state index contributed by atoms with van der Waals surface area (Å²) in [5.41, 5.74) is 2.45. The first kappa shape index (κ1) is 11.8. The summed E-state index contributed by atoms with van der Waals surface area (Å²) < 4.78 is 0. The summed E-state index contributed by atoms with van der Waals surface area (Å²) in [4.78, 5) is 0.808. The third kappa shape index (κ3) is 3.14. The van der Waals surface area contributed by atoms with Crippen molar-refractivity contribution < 1.29 is 0 Å². The SMILES string of the molecule is CC(=S)NC(c1ccccc1)c1ccccc1. The number of benzene rings is 2. The summed E-state index contributed by atoms with van der Waals surface area (Å²) in [5, 5.41) is 3.34. The van der Waals surface area contributed by atoms with E-state index in [0.717, 1.165) is 4.99 Å². The normalized spacial score (nSPS) is 10.2. The van der Waals surface area contributed by atoms with E-state index in [1.54, 1.807) is 0 Å². The zero-order valence-corrected chi connectivity index (χ0v) is 10.6. The molecule has 0 aliphatic carbocycles. The van der Waals surface area contributed by atoms with Crippen molar-refractivity contribution in [1.29, 1.82) is 0 Å². The van der Waals surface area contributed by atoms with Gasteiger partial charge in [0.15, 0.2) is 0 Å². The zero-order valence-electron chi connectivity index (χ0n) is 9.76. The molecule has 0 saturated heterocycles. The Morgan fingerprint density at radius 2 is 1.29 bits per heavy atom. The van der Waals surface area contributed by atoms with Gasteiger partial charge in [-0.25, -0.2) is 0 Å². The minimum atomic E-state index is 0.134. The van der Waals surface area contributed by atoms with Crippen LogP contribution in [0.3, 0.4) is 0 Å². The molecule has 2 aromatic carbocycles. The zero-order chi connectivity index (χ0) is 12.1. The summed E-state index contributed by atoms with van der Waals surface area (Å²) >= 11 is 5.16. The summed E-state index contributed by atoms with van der Waals surface area (Å²) in [5.74, 6) is 0. The van der Waals surface area contributed by atoms with Gasteiger partial charge in [0.25, 0.3) is 0 Å². The second kappa shape index (κ2) is 5.60. The van der Waals surface area contributed by atoms with Gasteiger partial charge in [-0.05, 0) is 18.1 Å². The van der Waals surface area contributed by atoms with E-state index in [4.69, 9.17) is 12.2 Å². The summed E-state index contributed by atoms with van der Waals surface area (Å²) in [7, 11) is 0. The highest BCUT2D eigenvalue weighted by Crippen LogP contribution is 2.21. The molecule has 0 amide bonds. The largest absolute Gasteiger partial charge is 0.369 e. The maximum Gasteiger partial charge on any atom is 0.0771 e. The van der Waals surface area contributed by atoms with Crippen molar-refractivity contribution in [3.63, 3.8) is 0 Å². The Balaban J connectivity index is 2.36. The van der Waals surface area contributed by atoms with E-state index in [1.165, 1.54) is 11.1 Å². The molecule has 0 aromatic heterocycles. The van der Waals surface area contributed by atoms with Crippen LogP contribution >= 0.6 is 12.2 Å². The van der Waals surface area contributed by atoms with Crippen LogP contribution in [-0.2, 0) is 0 Å². The highest BCUT2D eigenvalue weighted by atomic mass is 32.1. The molecule has 0 aliphatic heterocycles. The Bertz CT molecular complexity index is 439. The number of hydrogen-bond acceptors (Lipinski definition) is 1. The van der Waals surface area contributed by atoms with Gasteiger partial charge in [0.1, 0.15) is 0 Å². The Labute approximate surface area is 107 Å². The molecule has 0 unspecified atom stereocenters. The van der Waals surface area contributed by atoms with Crippen LogP contribution in [0.25, 0.3) is 0 Å².